The van der Waals surface area contributed by atoms with E-state index in [-0.39, 0.29) is 0 Å². The van der Waals surface area contributed by atoms with E-state index in [1.165, 1.54) is 16.4 Å². The lowest BCUT2D eigenvalue weighted by molar-refractivity contribution is 0.971. The smallest absolute Gasteiger partial charge is 0.141 e. The summed E-state index contributed by atoms with van der Waals surface area (Å²) >= 11 is 0. The van der Waals surface area contributed by atoms with Crippen LogP contribution in [0.2, 0.25) is 0 Å². The summed E-state index contributed by atoms with van der Waals surface area (Å²) in [5.41, 5.74) is 9.05. The molecule has 14 heavy (non-hydrogen) atoms. The van der Waals surface area contributed by atoms with E-state index in [9.17, 15) is 0 Å². The van der Waals surface area contributed by atoms with E-state index in [4.69, 9.17) is 5.73 Å². The zero-order chi connectivity index (χ0) is 9.97. The van der Waals surface area contributed by atoms with Gasteiger partial charge in [-0.15, -0.1) is 0 Å². The molecule has 0 aliphatic carbocycles. The molecule has 0 aliphatic heterocycles. The second-order valence-electron chi connectivity index (χ2n) is 3.58. The van der Waals surface area contributed by atoms with Gasteiger partial charge in [0, 0.05) is 6.20 Å². The van der Waals surface area contributed by atoms with Gasteiger partial charge in [-0.05, 0) is 36.0 Å². The van der Waals surface area contributed by atoms with Gasteiger partial charge in [0.15, 0.2) is 0 Å². The van der Waals surface area contributed by atoms with E-state index in [0.29, 0.717) is 6.54 Å². The van der Waals surface area contributed by atoms with Crippen molar-refractivity contribution >= 4 is 24.2 Å². The van der Waals surface area contributed by atoms with Crippen molar-refractivity contribution in [1.29, 1.82) is 0 Å². The van der Waals surface area contributed by atoms with E-state index in [1.54, 1.807) is 0 Å². The Morgan fingerprint density at radius 1 is 1.29 bits per heavy atom. The van der Waals surface area contributed by atoms with Crippen LogP contribution in [-0.4, -0.2) is 19.4 Å². The van der Waals surface area contributed by atoms with Gasteiger partial charge >= 0.3 is 0 Å². The maximum absolute atomic E-state index is 5.52. The fraction of sp³-hybridized carbons (Fsp3) is 0.182. The van der Waals surface area contributed by atoms with Crippen LogP contribution in [0.5, 0.6) is 0 Å². The molecule has 0 spiro atoms. The summed E-state index contributed by atoms with van der Waals surface area (Å²) in [6.07, 6.45) is 2.83. The third-order valence-corrected chi connectivity index (χ3v) is 2.32. The number of hydrogen-bond acceptors (Lipinski definition) is 2. The summed E-state index contributed by atoms with van der Waals surface area (Å²) in [4.78, 5) is 4.35. The topological polar surface area (TPSA) is 38.9 Å². The Bertz CT molecular complexity index is 454. The minimum Gasteiger partial charge on any atom is -0.330 e. The van der Waals surface area contributed by atoms with Gasteiger partial charge < -0.3 is 5.73 Å². The molecule has 2 N–H and O–H groups in total. The van der Waals surface area contributed by atoms with Crippen molar-refractivity contribution in [2.24, 2.45) is 5.73 Å². The van der Waals surface area contributed by atoms with Crippen molar-refractivity contribution in [1.82, 2.24) is 4.98 Å². The molecule has 0 saturated carbocycles. The molecular weight excluding hydrogens is 171 g/mol. The van der Waals surface area contributed by atoms with E-state index >= 15 is 0 Å². The fourth-order valence-corrected chi connectivity index (χ4v) is 1.61. The molecule has 0 aliphatic rings. The van der Waals surface area contributed by atoms with Gasteiger partial charge in [-0.1, -0.05) is 17.6 Å². The van der Waals surface area contributed by atoms with E-state index < -0.39 is 0 Å². The minimum atomic E-state index is 0.699. The molecule has 1 aromatic heterocycles. The summed E-state index contributed by atoms with van der Waals surface area (Å²) in [5, 5.41) is 1.20. The average Bonchev–Trinajstić information content (AvgIpc) is 2.17. The summed E-state index contributed by atoms with van der Waals surface area (Å²) in [6.45, 7) is 0.699. The first-order valence-electron chi connectivity index (χ1n) is 4.85. The first-order chi connectivity index (χ1) is 6.79. The summed E-state index contributed by atoms with van der Waals surface area (Å²) in [6, 6.07) is 8.47. The number of fused-ring (bicyclic) bond motifs is 1. The first kappa shape index (κ1) is 9.22. The van der Waals surface area contributed by atoms with Crippen LogP contribution in [0.3, 0.4) is 0 Å². The molecular formula is C11H13BN2. The molecule has 0 fully saturated rings. The SMILES string of the molecule is Bc1cnc2ccc(CCN)cc2c1. The standard InChI is InChI=1S/C11H13BN2/c12-10-6-9-5-8(3-4-13)1-2-11(9)14-7-10/h1-2,5-7H,3-4,12-13H2. The molecule has 3 heteroatoms. The molecule has 1 aromatic carbocycles. The monoisotopic (exact) mass is 184 g/mol. The van der Waals surface area contributed by atoms with Gasteiger partial charge in [-0.2, -0.15) is 0 Å². The van der Waals surface area contributed by atoms with E-state index in [1.807, 2.05) is 6.20 Å². The quantitative estimate of drug-likeness (QED) is 0.667. The van der Waals surface area contributed by atoms with Crippen molar-refractivity contribution in [3.8, 4) is 0 Å². The van der Waals surface area contributed by atoms with Crippen LogP contribution >= 0.6 is 0 Å². The molecule has 0 atom stereocenters. The minimum absolute atomic E-state index is 0.699. The van der Waals surface area contributed by atoms with E-state index in [0.717, 1.165) is 11.9 Å². The van der Waals surface area contributed by atoms with Crippen molar-refractivity contribution in [2.75, 3.05) is 6.54 Å². The summed E-state index contributed by atoms with van der Waals surface area (Å²) in [5.74, 6) is 0. The number of nitrogens with two attached hydrogens (primary N) is 1. The van der Waals surface area contributed by atoms with Gasteiger partial charge in [-0.3, -0.25) is 4.98 Å². The Balaban J connectivity index is 2.52. The second kappa shape index (κ2) is 3.80. The lowest BCUT2D eigenvalue weighted by Gasteiger charge is -2.02. The third-order valence-electron chi connectivity index (χ3n) is 2.32. The largest absolute Gasteiger partial charge is 0.330 e. The van der Waals surface area contributed by atoms with Crippen LogP contribution in [0, 0.1) is 0 Å². The molecule has 1 heterocycles. The lowest BCUT2D eigenvalue weighted by atomic mass is 9.96. The Hall–Kier alpha value is -1.35. The van der Waals surface area contributed by atoms with Crippen LogP contribution < -0.4 is 11.2 Å². The zero-order valence-corrected chi connectivity index (χ0v) is 8.33. The van der Waals surface area contributed by atoms with Crippen molar-refractivity contribution in [3.05, 3.63) is 36.0 Å². The molecule has 0 radical (unpaired) electrons. The molecule has 2 rings (SSSR count). The van der Waals surface area contributed by atoms with Gasteiger partial charge in [0.05, 0.1) is 5.52 Å². The van der Waals surface area contributed by atoms with Crippen molar-refractivity contribution in [3.63, 3.8) is 0 Å². The molecule has 2 aromatic rings. The molecule has 2 nitrogen and oxygen atoms in total. The normalized spacial score (nSPS) is 10.6. The molecule has 0 unspecified atom stereocenters. The molecule has 0 amide bonds. The Morgan fingerprint density at radius 3 is 2.93 bits per heavy atom. The van der Waals surface area contributed by atoms with Crippen molar-refractivity contribution < 1.29 is 0 Å². The van der Waals surface area contributed by atoms with Crippen LogP contribution in [0.15, 0.2) is 30.5 Å². The highest BCUT2D eigenvalue weighted by Crippen LogP contribution is 2.12. The highest BCUT2D eigenvalue weighted by molar-refractivity contribution is 6.32. The number of aromatic nitrogens is 1. The van der Waals surface area contributed by atoms with Crippen LogP contribution in [0.25, 0.3) is 10.9 Å². The number of pyridine rings is 1. The van der Waals surface area contributed by atoms with Crippen molar-refractivity contribution in [2.45, 2.75) is 6.42 Å². The van der Waals surface area contributed by atoms with Crippen LogP contribution in [-0.2, 0) is 6.42 Å². The van der Waals surface area contributed by atoms with Gasteiger partial charge in [0.2, 0.25) is 0 Å². The molecule has 0 bridgehead atoms. The molecule has 0 saturated heterocycles. The van der Waals surface area contributed by atoms with Crippen LogP contribution in [0.1, 0.15) is 5.56 Å². The number of hydrogen-bond donors (Lipinski definition) is 1. The highest BCUT2D eigenvalue weighted by Gasteiger charge is 1.97. The first-order valence-corrected chi connectivity index (χ1v) is 4.85. The predicted octanol–water partition coefficient (Wildman–Crippen LogP) is -0.00560. The fourth-order valence-electron chi connectivity index (χ4n) is 1.61. The number of nitrogens with zero attached hydrogens (tertiary/aromatic N) is 1. The zero-order valence-electron chi connectivity index (χ0n) is 8.33. The maximum Gasteiger partial charge on any atom is 0.141 e. The third kappa shape index (κ3) is 1.78. The number of benzene rings is 1. The van der Waals surface area contributed by atoms with E-state index in [2.05, 4.69) is 37.1 Å². The molecule has 70 valence electrons. The summed E-state index contributed by atoms with van der Waals surface area (Å²) in [7, 11) is 2.06. The van der Waals surface area contributed by atoms with Gasteiger partial charge in [0.1, 0.15) is 7.85 Å². The lowest BCUT2D eigenvalue weighted by Crippen LogP contribution is -2.04. The Morgan fingerprint density at radius 2 is 2.14 bits per heavy atom. The summed E-state index contributed by atoms with van der Waals surface area (Å²) < 4.78 is 0. The predicted molar refractivity (Wildman–Crippen MR) is 62.7 cm³/mol. The van der Waals surface area contributed by atoms with Gasteiger partial charge in [0.25, 0.3) is 0 Å². The number of rotatable bonds is 2. The second-order valence-corrected chi connectivity index (χ2v) is 3.58. The average molecular weight is 184 g/mol. The van der Waals surface area contributed by atoms with Gasteiger partial charge in [-0.25, -0.2) is 0 Å². The van der Waals surface area contributed by atoms with Crippen LogP contribution in [0.4, 0.5) is 0 Å². The maximum atomic E-state index is 5.52. The Kier molecular flexibility index (Phi) is 2.50. The highest BCUT2D eigenvalue weighted by atomic mass is 14.6. The Labute approximate surface area is 84.6 Å².